The zero-order valence-electron chi connectivity index (χ0n) is 16.3. The Hall–Kier alpha value is -1.93. The van der Waals surface area contributed by atoms with Crippen LogP contribution < -0.4 is 10.6 Å². The molecule has 28 heavy (non-hydrogen) atoms. The van der Waals surface area contributed by atoms with Crippen LogP contribution in [-0.2, 0) is 26.2 Å². The van der Waals surface area contributed by atoms with Gasteiger partial charge in [-0.15, -0.1) is 0 Å². The Morgan fingerprint density at radius 1 is 1.07 bits per heavy atom. The van der Waals surface area contributed by atoms with Gasteiger partial charge in [0.05, 0.1) is 6.26 Å². The highest BCUT2D eigenvalue weighted by molar-refractivity contribution is 7.88. The summed E-state index contributed by atoms with van der Waals surface area (Å²) in [5.41, 5.74) is 1.58. The Bertz CT molecular complexity index is 818. The van der Waals surface area contributed by atoms with Crippen molar-refractivity contribution in [3.05, 3.63) is 29.8 Å². The number of rotatable bonds is 6. The molecule has 0 bridgehead atoms. The number of nitrogens with one attached hydrogen (secondary N) is 2. The van der Waals surface area contributed by atoms with Gasteiger partial charge in [0.2, 0.25) is 21.8 Å². The number of hydrogen-bond donors (Lipinski definition) is 2. The van der Waals surface area contributed by atoms with E-state index in [9.17, 15) is 18.0 Å². The fourth-order valence-corrected chi connectivity index (χ4v) is 5.19. The van der Waals surface area contributed by atoms with Gasteiger partial charge in [-0.3, -0.25) is 9.59 Å². The molecule has 1 saturated heterocycles. The molecule has 1 aromatic carbocycles. The molecule has 1 aliphatic heterocycles. The molecule has 7 nitrogen and oxygen atoms in total. The molecule has 2 aliphatic rings. The second kappa shape index (κ2) is 9.05. The first kappa shape index (κ1) is 20.8. The second-order valence-corrected chi connectivity index (χ2v) is 9.71. The van der Waals surface area contributed by atoms with Crippen LogP contribution in [0.15, 0.2) is 24.3 Å². The summed E-state index contributed by atoms with van der Waals surface area (Å²) in [6.07, 6.45) is 7.41. The lowest BCUT2D eigenvalue weighted by Crippen LogP contribution is -2.51. The molecule has 0 spiro atoms. The molecule has 1 saturated carbocycles. The molecule has 8 heteroatoms. The lowest BCUT2D eigenvalue weighted by atomic mass is 10.0. The Morgan fingerprint density at radius 3 is 2.50 bits per heavy atom. The normalized spacial score (nSPS) is 21.4. The van der Waals surface area contributed by atoms with Crippen LogP contribution in [0.2, 0.25) is 0 Å². The van der Waals surface area contributed by atoms with E-state index in [1.165, 1.54) is 4.31 Å². The molecule has 1 heterocycles. The number of hydrogen-bond acceptors (Lipinski definition) is 4. The predicted octanol–water partition coefficient (Wildman–Crippen LogP) is 2.25. The van der Waals surface area contributed by atoms with Crippen molar-refractivity contribution in [2.45, 2.75) is 57.5 Å². The van der Waals surface area contributed by atoms with Crippen molar-refractivity contribution in [2.24, 2.45) is 5.92 Å². The topological polar surface area (TPSA) is 95.6 Å². The van der Waals surface area contributed by atoms with E-state index in [0.29, 0.717) is 19.5 Å². The maximum Gasteiger partial charge on any atom is 0.238 e. The quantitative estimate of drug-likeness (QED) is 0.756. The Kier molecular flexibility index (Phi) is 6.72. The fourth-order valence-electron chi connectivity index (χ4n) is 4.06. The molecule has 0 radical (unpaired) electrons. The highest BCUT2D eigenvalue weighted by Gasteiger charge is 2.34. The van der Waals surface area contributed by atoms with Gasteiger partial charge < -0.3 is 10.6 Å². The van der Waals surface area contributed by atoms with Crippen molar-refractivity contribution in [3.8, 4) is 0 Å². The molecule has 1 atom stereocenters. The molecule has 0 aromatic heterocycles. The molecule has 2 N–H and O–H groups in total. The standard InChI is InChI=1S/C20H29N3O4S/c1-28(26,27)23-12-5-4-11-18(23)20(25)21-14-15-7-6-10-17(13-15)22-19(24)16-8-2-3-9-16/h6-7,10,13,16,18H,2-5,8-9,11-12,14H2,1H3,(H,21,25)(H,22,24). The van der Waals surface area contributed by atoms with E-state index in [-0.39, 0.29) is 17.7 Å². The van der Waals surface area contributed by atoms with Crippen molar-refractivity contribution in [1.82, 2.24) is 9.62 Å². The van der Waals surface area contributed by atoms with Crippen molar-refractivity contribution >= 4 is 27.5 Å². The number of carbonyl (C=O) groups is 2. The lowest BCUT2D eigenvalue weighted by Gasteiger charge is -2.32. The van der Waals surface area contributed by atoms with Gasteiger partial charge in [0, 0.05) is 24.7 Å². The highest BCUT2D eigenvalue weighted by Crippen LogP contribution is 2.26. The van der Waals surface area contributed by atoms with Crippen LogP contribution in [0.25, 0.3) is 0 Å². The van der Waals surface area contributed by atoms with E-state index in [1.807, 2.05) is 24.3 Å². The van der Waals surface area contributed by atoms with Crippen LogP contribution in [-0.4, -0.2) is 43.4 Å². The van der Waals surface area contributed by atoms with Crippen LogP contribution >= 0.6 is 0 Å². The number of anilines is 1. The average molecular weight is 408 g/mol. The number of benzene rings is 1. The monoisotopic (exact) mass is 407 g/mol. The van der Waals surface area contributed by atoms with Crippen LogP contribution in [0.3, 0.4) is 0 Å². The maximum atomic E-state index is 12.6. The molecule has 2 amide bonds. The zero-order chi connectivity index (χ0) is 20.1. The van der Waals surface area contributed by atoms with E-state index in [0.717, 1.165) is 56.0 Å². The summed E-state index contributed by atoms with van der Waals surface area (Å²) in [5.74, 6) is -0.119. The summed E-state index contributed by atoms with van der Waals surface area (Å²) in [7, 11) is -3.41. The zero-order valence-corrected chi connectivity index (χ0v) is 17.1. The minimum Gasteiger partial charge on any atom is -0.351 e. The number of nitrogens with zero attached hydrogens (tertiary/aromatic N) is 1. The van der Waals surface area contributed by atoms with Crippen LogP contribution in [0.5, 0.6) is 0 Å². The minimum atomic E-state index is -3.41. The smallest absolute Gasteiger partial charge is 0.238 e. The van der Waals surface area contributed by atoms with Gasteiger partial charge in [-0.2, -0.15) is 4.31 Å². The van der Waals surface area contributed by atoms with E-state index >= 15 is 0 Å². The third-order valence-corrected chi connectivity index (χ3v) is 6.86. The lowest BCUT2D eigenvalue weighted by molar-refractivity contribution is -0.125. The molecule has 154 valence electrons. The summed E-state index contributed by atoms with van der Waals surface area (Å²) >= 11 is 0. The van der Waals surface area contributed by atoms with Crippen molar-refractivity contribution in [3.63, 3.8) is 0 Å². The summed E-state index contributed by atoms with van der Waals surface area (Å²) in [6.45, 7) is 0.680. The molecule has 1 aliphatic carbocycles. The highest BCUT2D eigenvalue weighted by atomic mass is 32.2. The largest absolute Gasteiger partial charge is 0.351 e. The second-order valence-electron chi connectivity index (χ2n) is 7.77. The van der Waals surface area contributed by atoms with Gasteiger partial charge in [0.25, 0.3) is 0 Å². The van der Waals surface area contributed by atoms with Gasteiger partial charge >= 0.3 is 0 Å². The summed E-state index contributed by atoms with van der Waals surface area (Å²) in [5, 5.41) is 5.81. The average Bonchev–Trinajstić information content (AvgIpc) is 3.21. The first-order chi connectivity index (χ1) is 13.3. The number of carbonyl (C=O) groups excluding carboxylic acids is 2. The van der Waals surface area contributed by atoms with Gasteiger partial charge in [0.15, 0.2) is 0 Å². The summed E-state index contributed by atoms with van der Waals surface area (Å²) in [4.78, 5) is 24.9. The summed E-state index contributed by atoms with van der Waals surface area (Å²) in [6, 6.07) is 6.76. The SMILES string of the molecule is CS(=O)(=O)N1CCCCC1C(=O)NCc1cccc(NC(=O)C2CCCC2)c1. The van der Waals surface area contributed by atoms with E-state index in [4.69, 9.17) is 0 Å². The molecule has 1 unspecified atom stereocenters. The van der Waals surface area contributed by atoms with Gasteiger partial charge in [-0.25, -0.2) is 8.42 Å². The predicted molar refractivity (Wildman–Crippen MR) is 108 cm³/mol. The first-order valence-electron chi connectivity index (χ1n) is 9.99. The van der Waals surface area contributed by atoms with E-state index < -0.39 is 16.1 Å². The van der Waals surface area contributed by atoms with Gasteiger partial charge in [-0.1, -0.05) is 31.4 Å². The van der Waals surface area contributed by atoms with Gasteiger partial charge in [-0.05, 0) is 43.4 Å². The van der Waals surface area contributed by atoms with Crippen molar-refractivity contribution in [2.75, 3.05) is 18.1 Å². The molecular formula is C20H29N3O4S. The van der Waals surface area contributed by atoms with Crippen LogP contribution in [0.1, 0.15) is 50.5 Å². The number of sulfonamides is 1. The third-order valence-electron chi connectivity index (χ3n) is 5.57. The number of piperidine rings is 1. The Balaban J connectivity index is 1.58. The first-order valence-corrected chi connectivity index (χ1v) is 11.8. The van der Waals surface area contributed by atoms with Crippen LogP contribution in [0, 0.1) is 5.92 Å². The van der Waals surface area contributed by atoms with Crippen molar-refractivity contribution in [1.29, 1.82) is 0 Å². The van der Waals surface area contributed by atoms with E-state index in [2.05, 4.69) is 10.6 Å². The molecule has 3 rings (SSSR count). The number of amides is 2. The molecule has 1 aromatic rings. The Labute approximate surface area is 166 Å². The van der Waals surface area contributed by atoms with E-state index in [1.54, 1.807) is 0 Å². The van der Waals surface area contributed by atoms with Crippen LogP contribution in [0.4, 0.5) is 5.69 Å². The Morgan fingerprint density at radius 2 is 1.79 bits per heavy atom. The minimum absolute atomic E-state index is 0.0599. The maximum absolute atomic E-state index is 12.6. The van der Waals surface area contributed by atoms with Gasteiger partial charge in [0.1, 0.15) is 6.04 Å². The summed E-state index contributed by atoms with van der Waals surface area (Å²) < 4.78 is 25.2. The fraction of sp³-hybridized carbons (Fsp3) is 0.600. The molecule has 2 fully saturated rings. The molecular weight excluding hydrogens is 378 g/mol. The third kappa shape index (κ3) is 5.32. The van der Waals surface area contributed by atoms with Crippen molar-refractivity contribution < 1.29 is 18.0 Å².